The van der Waals surface area contributed by atoms with E-state index in [0.717, 1.165) is 0 Å². The van der Waals surface area contributed by atoms with E-state index in [2.05, 4.69) is 0 Å². The molecule has 0 unspecified atom stereocenters. The Bertz CT molecular complexity index is 470. The molecule has 0 saturated heterocycles. The zero-order valence-electron chi connectivity index (χ0n) is 11.7. The lowest BCUT2D eigenvalue weighted by atomic mass is 10.1. The van der Waals surface area contributed by atoms with E-state index in [1.54, 1.807) is 31.3 Å². The standard InChI is InChI=1S/C14H20N2O4/c1-11(19)15(2)13-6-4-3-5-12(13)14(20)16(7-9-17)8-10-18/h3-6,17-18H,7-10H2,1-2H3. The van der Waals surface area contributed by atoms with E-state index < -0.39 is 0 Å². The van der Waals surface area contributed by atoms with Crippen LogP contribution in [0.5, 0.6) is 0 Å². The van der Waals surface area contributed by atoms with Crippen LogP contribution in [0.2, 0.25) is 0 Å². The van der Waals surface area contributed by atoms with Crippen LogP contribution in [0.25, 0.3) is 0 Å². The highest BCUT2D eigenvalue weighted by molar-refractivity contribution is 6.04. The molecule has 2 N–H and O–H groups in total. The van der Waals surface area contributed by atoms with Crippen LogP contribution in [0, 0.1) is 0 Å². The van der Waals surface area contributed by atoms with Gasteiger partial charge >= 0.3 is 0 Å². The first kappa shape index (κ1) is 16.1. The summed E-state index contributed by atoms with van der Waals surface area (Å²) in [6.07, 6.45) is 0. The van der Waals surface area contributed by atoms with Crippen LogP contribution in [0.3, 0.4) is 0 Å². The topological polar surface area (TPSA) is 81.1 Å². The van der Waals surface area contributed by atoms with E-state index in [4.69, 9.17) is 10.2 Å². The Morgan fingerprint density at radius 3 is 2.15 bits per heavy atom. The number of rotatable bonds is 6. The average molecular weight is 280 g/mol. The number of aliphatic hydroxyl groups is 2. The van der Waals surface area contributed by atoms with Gasteiger partial charge in [0.25, 0.3) is 5.91 Å². The summed E-state index contributed by atoms with van der Waals surface area (Å²) in [5.74, 6) is -0.502. The van der Waals surface area contributed by atoms with Crippen LogP contribution < -0.4 is 4.90 Å². The van der Waals surface area contributed by atoms with Crippen LogP contribution in [0.1, 0.15) is 17.3 Å². The molecule has 0 saturated carbocycles. The number of amides is 2. The maximum absolute atomic E-state index is 12.4. The van der Waals surface area contributed by atoms with Gasteiger partial charge in [-0.25, -0.2) is 0 Å². The second-order valence-corrected chi connectivity index (χ2v) is 4.33. The molecule has 0 fully saturated rings. The lowest BCUT2D eigenvalue weighted by Crippen LogP contribution is -2.37. The molecule has 0 aliphatic heterocycles. The van der Waals surface area contributed by atoms with Crippen molar-refractivity contribution in [2.75, 3.05) is 38.3 Å². The smallest absolute Gasteiger partial charge is 0.256 e. The Morgan fingerprint density at radius 2 is 1.65 bits per heavy atom. The van der Waals surface area contributed by atoms with Crippen LogP contribution in [0.15, 0.2) is 24.3 Å². The highest BCUT2D eigenvalue weighted by atomic mass is 16.3. The van der Waals surface area contributed by atoms with Gasteiger partial charge in [0.1, 0.15) is 0 Å². The number of nitrogens with zero attached hydrogens (tertiary/aromatic N) is 2. The van der Waals surface area contributed by atoms with Crippen molar-refractivity contribution >= 4 is 17.5 Å². The van der Waals surface area contributed by atoms with Gasteiger partial charge in [0.2, 0.25) is 5.91 Å². The molecule has 0 spiro atoms. The van der Waals surface area contributed by atoms with Crippen molar-refractivity contribution in [2.45, 2.75) is 6.92 Å². The van der Waals surface area contributed by atoms with Crippen molar-refractivity contribution < 1.29 is 19.8 Å². The molecule has 1 aromatic rings. The minimum atomic E-state index is -0.322. The first-order valence-electron chi connectivity index (χ1n) is 6.37. The predicted octanol–water partition coefficient (Wildman–Crippen LogP) is 0.0961. The second-order valence-electron chi connectivity index (χ2n) is 4.33. The lowest BCUT2D eigenvalue weighted by molar-refractivity contribution is -0.116. The second kappa shape index (κ2) is 7.62. The van der Waals surface area contributed by atoms with Gasteiger partial charge in [-0.15, -0.1) is 0 Å². The Hall–Kier alpha value is -1.92. The Kier molecular flexibility index (Phi) is 6.14. The van der Waals surface area contributed by atoms with Crippen molar-refractivity contribution in [3.8, 4) is 0 Å². The molecule has 20 heavy (non-hydrogen) atoms. The fourth-order valence-corrected chi connectivity index (χ4v) is 1.84. The van der Waals surface area contributed by atoms with Gasteiger partial charge in [0, 0.05) is 27.1 Å². The molecular formula is C14H20N2O4. The minimum absolute atomic E-state index is 0.136. The summed E-state index contributed by atoms with van der Waals surface area (Å²) in [5, 5.41) is 18.0. The summed E-state index contributed by atoms with van der Waals surface area (Å²) in [6.45, 7) is 1.32. The van der Waals surface area contributed by atoms with E-state index in [9.17, 15) is 9.59 Å². The lowest BCUT2D eigenvalue weighted by Gasteiger charge is -2.24. The van der Waals surface area contributed by atoms with E-state index in [1.165, 1.54) is 16.7 Å². The number of carbonyl (C=O) groups excluding carboxylic acids is 2. The van der Waals surface area contributed by atoms with Gasteiger partial charge in [-0.2, -0.15) is 0 Å². The largest absolute Gasteiger partial charge is 0.395 e. The average Bonchev–Trinajstić information content (AvgIpc) is 2.45. The third-order valence-corrected chi connectivity index (χ3v) is 3.00. The summed E-state index contributed by atoms with van der Waals surface area (Å²) in [7, 11) is 1.59. The number of para-hydroxylation sites is 1. The number of aliphatic hydroxyl groups excluding tert-OH is 2. The quantitative estimate of drug-likeness (QED) is 0.774. The molecule has 0 bridgehead atoms. The molecule has 2 amide bonds. The van der Waals surface area contributed by atoms with Crippen molar-refractivity contribution in [2.24, 2.45) is 0 Å². The van der Waals surface area contributed by atoms with Gasteiger partial charge in [-0.05, 0) is 12.1 Å². The van der Waals surface area contributed by atoms with Crippen molar-refractivity contribution in [1.29, 1.82) is 0 Å². The van der Waals surface area contributed by atoms with Gasteiger partial charge in [0.15, 0.2) is 0 Å². The molecule has 6 heteroatoms. The van der Waals surface area contributed by atoms with Crippen molar-refractivity contribution in [3.05, 3.63) is 29.8 Å². The number of anilines is 1. The predicted molar refractivity (Wildman–Crippen MR) is 75.6 cm³/mol. The molecule has 0 aliphatic carbocycles. The van der Waals surface area contributed by atoms with E-state index in [0.29, 0.717) is 11.3 Å². The van der Waals surface area contributed by atoms with Crippen LogP contribution in [-0.4, -0.2) is 60.3 Å². The SMILES string of the molecule is CC(=O)N(C)c1ccccc1C(=O)N(CCO)CCO. The molecule has 6 nitrogen and oxygen atoms in total. The van der Waals surface area contributed by atoms with Crippen LogP contribution in [0.4, 0.5) is 5.69 Å². The maximum Gasteiger partial charge on any atom is 0.256 e. The van der Waals surface area contributed by atoms with Gasteiger partial charge in [-0.1, -0.05) is 12.1 Å². The van der Waals surface area contributed by atoms with E-state index >= 15 is 0 Å². The molecule has 0 atom stereocenters. The first-order chi connectivity index (χ1) is 9.52. The number of hydrogen-bond donors (Lipinski definition) is 2. The zero-order chi connectivity index (χ0) is 15.1. The van der Waals surface area contributed by atoms with Gasteiger partial charge in [-0.3, -0.25) is 9.59 Å². The fraction of sp³-hybridized carbons (Fsp3) is 0.429. The fourth-order valence-electron chi connectivity index (χ4n) is 1.84. The first-order valence-corrected chi connectivity index (χ1v) is 6.37. The summed E-state index contributed by atoms with van der Waals surface area (Å²) in [5.41, 5.74) is 0.873. The Labute approximate surface area is 118 Å². The van der Waals surface area contributed by atoms with E-state index in [-0.39, 0.29) is 38.1 Å². The third-order valence-electron chi connectivity index (χ3n) is 3.00. The minimum Gasteiger partial charge on any atom is -0.395 e. The highest BCUT2D eigenvalue weighted by Gasteiger charge is 2.20. The molecule has 0 heterocycles. The number of carbonyl (C=O) groups is 2. The number of benzene rings is 1. The van der Waals surface area contributed by atoms with Gasteiger partial charge < -0.3 is 20.0 Å². The van der Waals surface area contributed by atoms with Crippen molar-refractivity contribution in [3.63, 3.8) is 0 Å². The Balaban J connectivity index is 3.11. The molecule has 1 rings (SSSR count). The van der Waals surface area contributed by atoms with Gasteiger partial charge in [0.05, 0.1) is 24.5 Å². The molecule has 1 aromatic carbocycles. The monoisotopic (exact) mass is 280 g/mol. The Morgan fingerprint density at radius 1 is 1.10 bits per heavy atom. The van der Waals surface area contributed by atoms with Crippen LogP contribution in [-0.2, 0) is 4.79 Å². The zero-order valence-corrected chi connectivity index (χ0v) is 11.7. The molecular weight excluding hydrogens is 260 g/mol. The molecule has 0 aliphatic rings. The molecule has 0 aromatic heterocycles. The highest BCUT2D eigenvalue weighted by Crippen LogP contribution is 2.21. The summed E-state index contributed by atoms with van der Waals surface area (Å²) in [6, 6.07) is 6.76. The van der Waals surface area contributed by atoms with E-state index in [1.807, 2.05) is 0 Å². The summed E-state index contributed by atoms with van der Waals surface area (Å²) in [4.78, 5) is 26.6. The molecule has 0 radical (unpaired) electrons. The van der Waals surface area contributed by atoms with Crippen LogP contribution >= 0.6 is 0 Å². The maximum atomic E-state index is 12.4. The number of hydrogen-bond acceptors (Lipinski definition) is 4. The molecule has 110 valence electrons. The summed E-state index contributed by atoms with van der Waals surface area (Å²) < 4.78 is 0. The van der Waals surface area contributed by atoms with Crippen molar-refractivity contribution in [1.82, 2.24) is 4.90 Å². The third kappa shape index (κ3) is 3.79. The summed E-state index contributed by atoms with van der Waals surface area (Å²) >= 11 is 0. The normalized spacial score (nSPS) is 10.2.